The maximum absolute atomic E-state index is 13.0. The van der Waals surface area contributed by atoms with Crippen LogP contribution >= 0.6 is 0 Å². The van der Waals surface area contributed by atoms with Gasteiger partial charge in [-0.05, 0) is 37.1 Å². The number of carboxylic acids is 1. The van der Waals surface area contributed by atoms with Crippen LogP contribution in [0.2, 0.25) is 0 Å². The second-order valence-corrected chi connectivity index (χ2v) is 6.27. The van der Waals surface area contributed by atoms with Crippen LogP contribution in [0, 0.1) is 0 Å². The molecule has 3 rings (SSSR count). The predicted molar refractivity (Wildman–Crippen MR) is 96.3 cm³/mol. The zero-order valence-electron chi connectivity index (χ0n) is 14.0. The highest BCUT2D eigenvalue weighted by atomic mass is 16.4. The Labute approximate surface area is 147 Å². The molecule has 5 nitrogen and oxygen atoms in total. The number of aliphatic carboxylic acids is 1. The summed E-state index contributed by atoms with van der Waals surface area (Å²) in [6.45, 7) is 1.24. The highest BCUT2D eigenvalue weighted by molar-refractivity contribution is 5.95. The highest BCUT2D eigenvalue weighted by Crippen LogP contribution is 2.21. The quantitative estimate of drug-likeness (QED) is 0.880. The summed E-state index contributed by atoms with van der Waals surface area (Å²) in [6, 6.07) is 18.8. The monoisotopic (exact) mass is 338 g/mol. The van der Waals surface area contributed by atoms with Gasteiger partial charge in [-0.3, -0.25) is 14.5 Å². The zero-order valence-corrected chi connectivity index (χ0v) is 14.0. The number of rotatable bonds is 6. The van der Waals surface area contributed by atoms with Gasteiger partial charge >= 0.3 is 5.97 Å². The van der Waals surface area contributed by atoms with Gasteiger partial charge in [-0.15, -0.1) is 0 Å². The third kappa shape index (κ3) is 4.25. The van der Waals surface area contributed by atoms with Crippen molar-refractivity contribution in [3.05, 3.63) is 66.2 Å². The van der Waals surface area contributed by atoms with Gasteiger partial charge in [0.05, 0.1) is 13.1 Å². The molecule has 25 heavy (non-hydrogen) atoms. The van der Waals surface area contributed by atoms with E-state index in [2.05, 4.69) is 0 Å². The van der Waals surface area contributed by atoms with Crippen molar-refractivity contribution in [2.45, 2.75) is 25.4 Å². The van der Waals surface area contributed by atoms with E-state index in [0.717, 1.165) is 17.7 Å². The largest absolute Gasteiger partial charge is 0.480 e. The Balaban J connectivity index is 1.79. The Bertz CT molecular complexity index is 718. The van der Waals surface area contributed by atoms with Crippen molar-refractivity contribution in [2.75, 3.05) is 18.0 Å². The van der Waals surface area contributed by atoms with E-state index in [0.29, 0.717) is 19.5 Å². The maximum Gasteiger partial charge on any atom is 0.320 e. The number of carboxylic acid groups (broad SMARTS) is 1. The lowest BCUT2D eigenvalue weighted by Gasteiger charge is -2.27. The molecule has 0 bridgehead atoms. The minimum Gasteiger partial charge on any atom is -0.480 e. The van der Waals surface area contributed by atoms with Gasteiger partial charge in [0.2, 0.25) is 5.91 Å². The molecule has 0 aliphatic carbocycles. The first-order valence-electron chi connectivity index (χ1n) is 8.51. The molecule has 1 atom stereocenters. The molecule has 2 aromatic rings. The molecule has 2 aromatic carbocycles. The van der Waals surface area contributed by atoms with Gasteiger partial charge < -0.3 is 10.0 Å². The first kappa shape index (κ1) is 17.2. The second kappa shape index (κ2) is 7.94. The standard InChI is InChI=1S/C20H22N2O3/c23-19(15-21-13-7-12-18(21)20(24)25)22(17-10-5-2-6-11-17)14-16-8-3-1-4-9-16/h1-6,8-11,18H,7,12-15H2,(H,24,25)/t18-/m1/s1. The van der Waals surface area contributed by atoms with Gasteiger partial charge in [0.1, 0.15) is 6.04 Å². The molecule has 1 N–H and O–H groups in total. The third-order valence-electron chi connectivity index (χ3n) is 4.54. The van der Waals surface area contributed by atoms with Crippen LogP contribution in [0.5, 0.6) is 0 Å². The first-order valence-corrected chi connectivity index (χ1v) is 8.51. The molecule has 1 amide bonds. The molecular weight excluding hydrogens is 316 g/mol. The van der Waals surface area contributed by atoms with Crippen LogP contribution in [0.3, 0.4) is 0 Å². The number of para-hydroxylation sites is 1. The fraction of sp³-hybridized carbons (Fsp3) is 0.300. The Kier molecular flexibility index (Phi) is 5.46. The molecule has 130 valence electrons. The Morgan fingerprint density at radius 3 is 2.32 bits per heavy atom. The molecule has 1 aliphatic heterocycles. The molecular formula is C20H22N2O3. The SMILES string of the molecule is O=C(O)[C@H]1CCCN1CC(=O)N(Cc1ccccc1)c1ccccc1. The van der Waals surface area contributed by atoms with Gasteiger partial charge in [-0.1, -0.05) is 48.5 Å². The van der Waals surface area contributed by atoms with E-state index in [1.165, 1.54) is 0 Å². The van der Waals surface area contributed by atoms with Crippen molar-refractivity contribution in [1.29, 1.82) is 0 Å². The molecule has 0 unspecified atom stereocenters. The van der Waals surface area contributed by atoms with E-state index in [9.17, 15) is 14.7 Å². The fourth-order valence-electron chi connectivity index (χ4n) is 3.25. The molecule has 0 aromatic heterocycles. The Morgan fingerprint density at radius 1 is 1.04 bits per heavy atom. The lowest BCUT2D eigenvalue weighted by molar-refractivity contribution is -0.142. The van der Waals surface area contributed by atoms with Crippen LogP contribution in [0.1, 0.15) is 18.4 Å². The summed E-state index contributed by atoms with van der Waals surface area (Å²) in [5.74, 6) is -0.928. The van der Waals surface area contributed by atoms with Crippen molar-refractivity contribution >= 4 is 17.6 Å². The van der Waals surface area contributed by atoms with Crippen molar-refractivity contribution in [2.24, 2.45) is 0 Å². The zero-order chi connectivity index (χ0) is 17.6. The number of likely N-dealkylation sites (tertiary alicyclic amines) is 1. The van der Waals surface area contributed by atoms with Crippen LogP contribution in [-0.4, -0.2) is 41.0 Å². The Hall–Kier alpha value is -2.66. The van der Waals surface area contributed by atoms with Crippen LogP contribution in [0.25, 0.3) is 0 Å². The van der Waals surface area contributed by atoms with E-state index in [4.69, 9.17) is 0 Å². The molecule has 1 saturated heterocycles. The lowest BCUT2D eigenvalue weighted by atomic mass is 10.2. The van der Waals surface area contributed by atoms with E-state index in [1.54, 1.807) is 9.80 Å². The number of hydrogen-bond donors (Lipinski definition) is 1. The van der Waals surface area contributed by atoms with Gasteiger partial charge in [-0.2, -0.15) is 0 Å². The minimum absolute atomic E-state index is 0.0804. The second-order valence-electron chi connectivity index (χ2n) is 6.27. The summed E-state index contributed by atoms with van der Waals surface area (Å²) in [6.07, 6.45) is 1.42. The number of hydrogen-bond acceptors (Lipinski definition) is 3. The third-order valence-corrected chi connectivity index (χ3v) is 4.54. The van der Waals surface area contributed by atoms with E-state index >= 15 is 0 Å². The number of carbonyl (C=O) groups is 2. The summed E-state index contributed by atoms with van der Waals surface area (Å²) in [4.78, 5) is 27.8. The molecule has 1 aliphatic rings. The van der Waals surface area contributed by atoms with Crippen LogP contribution < -0.4 is 4.90 Å². The topological polar surface area (TPSA) is 60.9 Å². The average molecular weight is 338 g/mol. The molecule has 0 radical (unpaired) electrons. The minimum atomic E-state index is -0.848. The molecule has 5 heteroatoms. The summed E-state index contributed by atoms with van der Waals surface area (Å²) in [7, 11) is 0. The lowest BCUT2D eigenvalue weighted by Crippen LogP contribution is -2.44. The number of anilines is 1. The molecule has 0 saturated carbocycles. The van der Waals surface area contributed by atoms with Crippen molar-refractivity contribution in [3.8, 4) is 0 Å². The number of nitrogens with zero attached hydrogens (tertiary/aromatic N) is 2. The normalized spacial score (nSPS) is 17.4. The van der Waals surface area contributed by atoms with Crippen LogP contribution in [0.4, 0.5) is 5.69 Å². The fourth-order valence-corrected chi connectivity index (χ4v) is 3.25. The van der Waals surface area contributed by atoms with Crippen LogP contribution in [0.15, 0.2) is 60.7 Å². The average Bonchev–Trinajstić information content (AvgIpc) is 3.09. The molecule has 1 fully saturated rings. The van der Waals surface area contributed by atoms with E-state index in [1.807, 2.05) is 60.7 Å². The van der Waals surface area contributed by atoms with Gasteiger partial charge in [0.25, 0.3) is 0 Å². The van der Waals surface area contributed by atoms with Crippen molar-refractivity contribution in [1.82, 2.24) is 4.90 Å². The highest BCUT2D eigenvalue weighted by Gasteiger charge is 2.32. The Morgan fingerprint density at radius 2 is 1.68 bits per heavy atom. The smallest absolute Gasteiger partial charge is 0.320 e. The van der Waals surface area contributed by atoms with Crippen molar-refractivity contribution in [3.63, 3.8) is 0 Å². The summed E-state index contributed by atoms with van der Waals surface area (Å²) in [5.41, 5.74) is 1.86. The van der Waals surface area contributed by atoms with E-state index in [-0.39, 0.29) is 12.5 Å². The van der Waals surface area contributed by atoms with Crippen molar-refractivity contribution < 1.29 is 14.7 Å². The summed E-state index contributed by atoms with van der Waals surface area (Å²) >= 11 is 0. The maximum atomic E-state index is 13.0. The summed E-state index contributed by atoms with van der Waals surface area (Å²) in [5, 5.41) is 9.32. The first-order chi connectivity index (χ1) is 12.1. The number of benzene rings is 2. The molecule has 0 spiro atoms. The van der Waals surface area contributed by atoms with Gasteiger partial charge in [0, 0.05) is 5.69 Å². The van der Waals surface area contributed by atoms with Crippen LogP contribution in [-0.2, 0) is 16.1 Å². The number of carbonyl (C=O) groups excluding carboxylic acids is 1. The predicted octanol–water partition coefficient (Wildman–Crippen LogP) is 2.77. The van der Waals surface area contributed by atoms with Gasteiger partial charge in [-0.25, -0.2) is 0 Å². The number of amides is 1. The molecule has 1 heterocycles. The summed E-state index contributed by atoms with van der Waals surface area (Å²) < 4.78 is 0. The van der Waals surface area contributed by atoms with E-state index < -0.39 is 12.0 Å². The van der Waals surface area contributed by atoms with Gasteiger partial charge in [0.15, 0.2) is 0 Å².